The van der Waals surface area contributed by atoms with Crippen molar-refractivity contribution in [2.45, 2.75) is 45.4 Å². The van der Waals surface area contributed by atoms with E-state index < -0.39 is 0 Å². The molecule has 0 spiro atoms. The first kappa shape index (κ1) is 10.7. The minimum Gasteiger partial charge on any atom is -0.381 e. The van der Waals surface area contributed by atoms with E-state index in [0.29, 0.717) is 11.7 Å². The summed E-state index contributed by atoms with van der Waals surface area (Å²) in [5.41, 5.74) is 0. The van der Waals surface area contributed by atoms with Crippen molar-refractivity contribution in [1.29, 1.82) is 0 Å². The lowest BCUT2D eigenvalue weighted by Gasteiger charge is -2.12. The molecule has 0 aliphatic heterocycles. The van der Waals surface area contributed by atoms with Crippen molar-refractivity contribution in [2.75, 3.05) is 13.2 Å². The highest BCUT2D eigenvalue weighted by Crippen LogP contribution is 2.20. The largest absolute Gasteiger partial charge is 0.381 e. The van der Waals surface area contributed by atoms with Crippen molar-refractivity contribution in [3.63, 3.8) is 0 Å². The molecule has 1 atom stereocenters. The van der Waals surface area contributed by atoms with E-state index in [1.54, 1.807) is 0 Å². The second-order valence-electron chi connectivity index (χ2n) is 3.93. The van der Waals surface area contributed by atoms with Crippen molar-refractivity contribution in [1.82, 2.24) is 0 Å². The van der Waals surface area contributed by atoms with Crippen LogP contribution in [-0.4, -0.2) is 19.0 Å². The van der Waals surface area contributed by atoms with Crippen LogP contribution in [0.25, 0.3) is 0 Å². The molecule has 1 fully saturated rings. The van der Waals surface area contributed by atoms with Crippen LogP contribution >= 0.6 is 0 Å². The van der Waals surface area contributed by atoms with Gasteiger partial charge in [0, 0.05) is 26.1 Å². The molecule has 0 saturated heterocycles. The normalized spacial score (nSPS) is 24.4. The molecule has 0 bridgehead atoms. The van der Waals surface area contributed by atoms with Gasteiger partial charge in [0.15, 0.2) is 0 Å². The molecule has 1 aliphatic carbocycles. The van der Waals surface area contributed by atoms with E-state index >= 15 is 0 Å². The van der Waals surface area contributed by atoms with Gasteiger partial charge < -0.3 is 4.74 Å². The van der Waals surface area contributed by atoms with E-state index in [2.05, 4.69) is 6.92 Å². The molecule has 1 unspecified atom stereocenters. The van der Waals surface area contributed by atoms with E-state index in [4.69, 9.17) is 4.74 Å². The maximum Gasteiger partial charge on any atom is 0.133 e. The fourth-order valence-electron chi connectivity index (χ4n) is 1.82. The topological polar surface area (TPSA) is 26.3 Å². The lowest BCUT2D eigenvalue weighted by atomic mass is 10.0. The second kappa shape index (κ2) is 6.14. The Labute approximate surface area is 80.7 Å². The van der Waals surface area contributed by atoms with E-state index in [-0.39, 0.29) is 0 Å². The highest BCUT2D eigenvalue weighted by atomic mass is 16.5. The minimum absolute atomic E-state index is 0.433. The average molecular weight is 184 g/mol. The second-order valence-corrected chi connectivity index (χ2v) is 3.93. The van der Waals surface area contributed by atoms with Crippen LogP contribution < -0.4 is 0 Å². The quantitative estimate of drug-likeness (QED) is 0.496. The van der Waals surface area contributed by atoms with Crippen LogP contribution in [0, 0.1) is 5.92 Å². The van der Waals surface area contributed by atoms with E-state index in [9.17, 15) is 4.79 Å². The molecule has 0 heterocycles. The van der Waals surface area contributed by atoms with Crippen LogP contribution in [0.5, 0.6) is 0 Å². The number of Topliss-reactive ketones (excluding diaryl/α,β-unsaturated/α-hetero) is 1. The summed E-state index contributed by atoms with van der Waals surface area (Å²) in [4.78, 5) is 11.3. The van der Waals surface area contributed by atoms with Gasteiger partial charge in [0.2, 0.25) is 0 Å². The van der Waals surface area contributed by atoms with Gasteiger partial charge in [-0.05, 0) is 25.2 Å². The summed E-state index contributed by atoms with van der Waals surface area (Å²) in [6.07, 6.45) is 6.08. The van der Waals surface area contributed by atoms with Gasteiger partial charge in [0.1, 0.15) is 5.78 Å². The fraction of sp³-hybridized carbons (Fsp3) is 0.909. The summed E-state index contributed by atoms with van der Waals surface area (Å²) in [7, 11) is 0. The molecule has 1 saturated carbocycles. The van der Waals surface area contributed by atoms with Crippen molar-refractivity contribution >= 4 is 5.78 Å². The molecule has 0 aromatic heterocycles. The molecule has 2 heteroatoms. The first-order valence-corrected chi connectivity index (χ1v) is 5.42. The fourth-order valence-corrected chi connectivity index (χ4v) is 1.82. The van der Waals surface area contributed by atoms with Gasteiger partial charge in [-0.25, -0.2) is 0 Å². The molecule has 0 N–H and O–H groups in total. The standard InChI is InChI=1S/C11H20O2/c1-2-7-13-9-10-5-3-4-6-11(12)8-10/h10H,2-9H2,1H3. The number of carbonyl (C=O) groups is 1. The number of hydrogen-bond donors (Lipinski definition) is 0. The van der Waals surface area contributed by atoms with Crippen LogP contribution in [0.4, 0.5) is 0 Å². The Balaban J connectivity index is 2.19. The number of rotatable bonds is 4. The Hall–Kier alpha value is -0.370. The van der Waals surface area contributed by atoms with Crippen LogP contribution in [0.15, 0.2) is 0 Å². The van der Waals surface area contributed by atoms with E-state index in [1.807, 2.05) is 0 Å². The summed E-state index contributed by atoms with van der Waals surface area (Å²) < 4.78 is 5.47. The Morgan fingerprint density at radius 1 is 1.46 bits per heavy atom. The molecule has 0 radical (unpaired) electrons. The molecule has 1 aliphatic rings. The van der Waals surface area contributed by atoms with E-state index in [0.717, 1.165) is 38.9 Å². The monoisotopic (exact) mass is 184 g/mol. The zero-order valence-corrected chi connectivity index (χ0v) is 8.55. The van der Waals surface area contributed by atoms with Crippen molar-refractivity contribution in [3.8, 4) is 0 Å². The number of ether oxygens (including phenoxy) is 1. The first-order valence-electron chi connectivity index (χ1n) is 5.42. The summed E-state index contributed by atoms with van der Waals surface area (Å²) >= 11 is 0. The number of carbonyl (C=O) groups excluding carboxylic acids is 1. The first-order chi connectivity index (χ1) is 6.33. The Morgan fingerprint density at radius 2 is 2.31 bits per heavy atom. The Morgan fingerprint density at radius 3 is 3.08 bits per heavy atom. The molecule has 13 heavy (non-hydrogen) atoms. The van der Waals surface area contributed by atoms with E-state index in [1.165, 1.54) is 12.8 Å². The SMILES string of the molecule is CCCOCC1CCCCC(=O)C1. The Bertz CT molecular complexity index is 154. The third kappa shape index (κ3) is 4.41. The molecule has 0 amide bonds. The zero-order chi connectivity index (χ0) is 9.52. The highest BCUT2D eigenvalue weighted by Gasteiger charge is 2.17. The predicted molar refractivity (Wildman–Crippen MR) is 52.7 cm³/mol. The molecular weight excluding hydrogens is 164 g/mol. The van der Waals surface area contributed by atoms with Gasteiger partial charge in [0.25, 0.3) is 0 Å². The van der Waals surface area contributed by atoms with Crippen LogP contribution in [-0.2, 0) is 9.53 Å². The maximum absolute atomic E-state index is 11.3. The minimum atomic E-state index is 0.433. The molecular formula is C11H20O2. The zero-order valence-electron chi connectivity index (χ0n) is 8.55. The molecule has 1 rings (SSSR count). The summed E-state index contributed by atoms with van der Waals surface area (Å²) in [5, 5.41) is 0. The third-order valence-corrected chi connectivity index (χ3v) is 2.54. The number of hydrogen-bond acceptors (Lipinski definition) is 2. The van der Waals surface area contributed by atoms with Gasteiger partial charge >= 0.3 is 0 Å². The highest BCUT2D eigenvalue weighted by molar-refractivity contribution is 5.78. The molecule has 76 valence electrons. The average Bonchev–Trinajstić information content (AvgIpc) is 2.31. The van der Waals surface area contributed by atoms with Gasteiger partial charge in [0.05, 0.1) is 0 Å². The summed E-state index contributed by atoms with van der Waals surface area (Å²) in [6.45, 7) is 3.74. The smallest absolute Gasteiger partial charge is 0.133 e. The van der Waals surface area contributed by atoms with Gasteiger partial charge in [-0.15, -0.1) is 0 Å². The Kier molecular flexibility index (Phi) is 5.06. The van der Waals surface area contributed by atoms with Gasteiger partial charge in [-0.2, -0.15) is 0 Å². The van der Waals surface area contributed by atoms with Crippen molar-refractivity contribution < 1.29 is 9.53 Å². The maximum atomic E-state index is 11.3. The molecule has 2 nitrogen and oxygen atoms in total. The lowest BCUT2D eigenvalue weighted by molar-refractivity contribution is -0.120. The molecule has 0 aromatic rings. The van der Waals surface area contributed by atoms with Crippen LogP contribution in [0.3, 0.4) is 0 Å². The van der Waals surface area contributed by atoms with Crippen molar-refractivity contribution in [3.05, 3.63) is 0 Å². The predicted octanol–water partition coefficient (Wildman–Crippen LogP) is 2.56. The third-order valence-electron chi connectivity index (χ3n) is 2.54. The summed E-state index contributed by atoms with van der Waals surface area (Å²) in [5.74, 6) is 0.934. The molecule has 0 aromatic carbocycles. The number of ketones is 1. The van der Waals surface area contributed by atoms with Crippen LogP contribution in [0.2, 0.25) is 0 Å². The van der Waals surface area contributed by atoms with Gasteiger partial charge in [-0.1, -0.05) is 13.3 Å². The van der Waals surface area contributed by atoms with Gasteiger partial charge in [-0.3, -0.25) is 4.79 Å². The lowest BCUT2D eigenvalue weighted by Crippen LogP contribution is -2.12. The van der Waals surface area contributed by atoms with Crippen molar-refractivity contribution in [2.24, 2.45) is 5.92 Å². The summed E-state index contributed by atoms with van der Waals surface area (Å²) in [6, 6.07) is 0. The van der Waals surface area contributed by atoms with Crippen LogP contribution in [0.1, 0.15) is 45.4 Å².